The van der Waals surface area contributed by atoms with Gasteiger partial charge in [0.15, 0.2) is 12.3 Å². The van der Waals surface area contributed by atoms with E-state index in [2.05, 4.69) is 4.57 Å². The molecular weight excluding hydrogens is 656 g/mol. The number of halogens is 1. The third-order valence-electron chi connectivity index (χ3n) is 7.47. The third-order valence-corrected chi connectivity index (χ3v) is 10.5. The average molecular weight is 689 g/mol. The van der Waals surface area contributed by atoms with E-state index in [9.17, 15) is 25.9 Å². The minimum absolute atomic E-state index is 0.0177. The number of nitrogens with zero attached hydrogens (tertiary/aromatic N) is 2. The van der Waals surface area contributed by atoms with Gasteiger partial charge in [-0.15, -0.1) is 0 Å². The van der Waals surface area contributed by atoms with Crippen LogP contribution >= 0.6 is 22.9 Å². The van der Waals surface area contributed by atoms with Crippen molar-refractivity contribution in [3.8, 4) is 16.9 Å². The van der Waals surface area contributed by atoms with Gasteiger partial charge in [-0.3, -0.25) is 4.55 Å². The largest absolute Gasteiger partial charge is 0.748 e. The first-order valence-corrected chi connectivity index (χ1v) is 18.8. The topological polar surface area (TPSA) is 128 Å². The van der Waals surface area contributed by atoms with Crippen molar-refractivity contribution in [1.29, 1.82) is 0 Å². The number of anilines is 1. The van der Waals surface area contributed by atoms with Gasteiger partial charge < -0.3 is 14.2 Å². The number of unbranched alkanes of at least 4 members (excludes halogenated alkanes) is 1. The Morgan fingerprint density at radius 2 is 1.80 bits per heavy atom. The van der Waals surface area contributed by atoms with Gasteiger partial charge in [0, 0.05) is 36.9 Å². The van der Waals surface area contributed by atoms with Crippen molar-refractivity contribution in [3.05, 3.63) is 93.8 Å². The molecule has 1 aliphatic rings. The highest BCUT2D eigenvalue weighted by Gasteiger charge is 2.29. The first kappa shape index (κ1) is 33.1. The van der Waals surface area contributed by atoms with Crippen molar-refractivity contribution in [2.75, 3.05) is 23.0 Å². The maximum atomic E-state index is 11.7. The van der Waals surface area contributed by atoms with Crippen molar-refractivity contribution < 1.29 is 35.2 Å². The van der Waals surface area contributed by atoms with E-state index in [4.69, 9.17) is 16.3 Å². The van der Waals surface area contributed by atoms with Crippen molar-refractivity contribution in [3.63, 3.8) is 0 Å². The van der Waals surface area contributed by atoms with E-state index in [-0.39, 0.29) is 13.0 Å². The van der Waals surface area contributed by atoms with Gasteiger partial charge in [0.05, 0.1) is 26.6 Å². The molecule has 5 rings (SSSR count). The van der Waals surface area contributed by atoms with Gasteiger partial charge in [-0.2, -0.15) is 13.0 Å². The molecule has 9 nitrogen and oxygen atoms in total. The summed E-state index contributed by atoms with van der Waals surface area (Å²) in [4.78, 5) is 1.75. The van der Waals surface area contributed by atoms with Crippen molar-refractivity contribution >= 4 is 65.2 Å². The molecule has 238 valence electrons. The van der Waals surface area contributed by atoms with Crippen LogP contribution in [0.15, 0.2) is 78.2 Å². The summed E-state index contributed by atoms with van der Waals surface area (Å²) in [6.07, 6.45) is 5.23. The Hall–Kier alpha value is -3.26. The van der Waals surface area contributed by atoms with E-state index in [1.165, 1.54) is 0 Å². The van der Waals surface area contributed by atoms with E-state index in [1.807, 2.05) is 86.7 Å². The van der Waals surface area contributed by atoms with Crippen LogP contribution in [0.3, 0.4) is 0 Å². The predicted octanol–water partition coefficient (Wildman–Crippen LogP) is 6.56. The maximum absolute atomic E-state index is 11.7. The first-order chi connectivity index (χ1) is 21.3. The van der Waals surface area contributed by atoms with Gasteiger partial charge in [-0.25, -0.2) is 8.42 Å². The summed E-state index contributed by atoms with van der Waals surface area (Å²) in [5.74, 6) is 0.0980. The molecule has 0 saturated carbocycles. The third kappa shape index (κ3) is 8.32. The lowest BCUT2D eigenvalue weighted by Crippen LogP contribution is -2.35. The summed E-state index contributed by atoms with van der Waals surface area (Å²) < 4.78 is 75.8. The molecule has 1 aliphatic heterocycles. The molecule has 1 aromatic heterocycles. The lowest BCUT2D eigenvalue weighted by molar-refractivity contribution is -0.669. The van der Waals surface area contributed by atoms with E-state index in [1.54, 1.807) is 16.2 Å². The molecule has 45 heavy (non-hydrogen) atoms. The van der Waals surface area contributed by atoms with Crippen LogP contribution in [0.25, 0.3) is 27.4 Å². The molecule has 0 unspecified atom stereocenters. The van der Waals surface area contributed by atoms with Crippen molar-refractivity contribution in [2.45, 2.75) is 39.7 Å². The zero-order valence-electron chi connectivity index (χ0n) is 24.8. The normalized spacial score (nSPS) is 14.7. The summed E-state index contributed by atoms with van der Waals surface area (Å²) in [6.45, 7) is 4.40. The highest BCUT2D eigenvalue weighted by atomic mass is 35.5. The summed E-state index contributed by atoms with van der Waals surface area (Å²) in [5, 5.41) is 1.52. The Labute approximate surface area is 272 Å². The first-order valence-electron chi connectivity index (χ1n) is 14.4. The smallest absolute Gasteiger partial charge is 0.266 e. The lowest BCUT2D eigenvalue weighted by atomic mass is 10.0. The van der Waals surface area contributed by atoms with Gasteiger partial charge >= 0.3 is 0 Å². The van der Waals surface area contributed by atoms with Crippen LogP contribution in [0.1, 0.15) is 36.8 Å². The van der Waals surface area contributed by atoms with Crippen LogP contribution in [0.5, 0.6) is 5.75 Å². The number of aromatic nitrogens is 1. The van der Waals surface area contributed by atoms with Crippen molar-refractivity contribution in [1.82, 2.24) is 0 Å². The number of allylic oxidation sites excluding steroid dienone is 2. The van der Waals surface area contributed by atoms with Crippen LogP contribution < -0.4 is 14.2 Å². The average Bonchev–Trinajstić information content (AvgIpc) is 3.49. The highest BCUT2D eigenvalue weighted by Crippen LogP contribution is 2.42. The van der Waals surface area contributed by atoms with Crippen LogP contribution in [-0.2, 0) is 26.8 Å². The van der Waals surface area contributed by atoms with Crippen LogP contribution in [0, 0.1) is 6.92 Å². The number of rotatable bonds is 12. The molecular formula is C32H33ClN2O7S3. The van der Waals surface area contributed by atoms with Crippen LogP contribution in [-0.4, -0.2) is 44.0 Å². The number of benzene rings is 3. The SMILES string of the molecule is CCC(=C/c1sc2cc(C)c(Cl)cc2[n+]1CCCCS(=O)(=O)[O-])/C=C1\Oc2ccc(-c3ccccc3)cc2N1CCS(=O)(=O)O. The zero-order valence-corrected chi connectivity index (χ0v) is 28.0. The second-order valence-corrected chi connectivity index (χ2v) is 15.3. The number of hydrogen-bond acceptors (Lipinski definition) is 8. The Kier molecular flexibility index (Phi) is 10.0. The van der Waals surface area contributed by atoms with Gasteiger partial charge in [0.1, 0.15) is 4.70 Å². The number of thiazole rings is 1. The Balaban J connectivity index is 1.53. The molecule has 0 fully saturated rings. The number of ether oxygens (including phenoxy) is 1. The van der Waals surface area contributed by atoms with E-state index in [0.29, 0.717) is 41.7 Å². The van der Waals surface area contributed by atoms with Crippen LogP contribution in [0.2, 0.25) is 5.02 Å². The fourth-order valence-electron chi connectivity index (χ4n) is 5.13. The second kappa shape index (κ2) is 13.6. The zero-order chi connectivity index (χ0) is 32.4. The number of hydrogen-bond donors (Lipinski definition) is 1. The molecule has 0 amide bonds. The molecule has 0 atom stereocenters. The molecule has 13 heteroatoms. The summed E-state index contributed by atoms with van der Waals surface area (Å²) >= 11 is 8.04. The summed E-state index contributed by atoms with van der Waals surface area (Å²) in [5.41, 5.74) is 5.36. The summed E-state index contributed by atoms with van der Waals surface area (Å²) in [7, 11) is -8.54. The molecule has 0 spiro atoms. The number of aryl methyl sites for hydroxylation is 2. The van der Waals surface area contributed by atoms with E-state index < -0.39 is 31.7 Å². The van der Waals surface area contributed by atoms with Gasteiger partial charge in [-0.1, -0.05) is 66.3 Å². The monoisotopic (exact) mass is 688 g/mol. The summed E-state index contributed by atoms with van der Waals surface area (Å²) in [6, 6.07) is 19.5. The fraction of sp³-hybridized carbons (Fsp3) is 0.281. The van der Waals surface area contributed by atoms with Gasteiger partial charge in [-0.05, 0) is 60.2 Å². The fourth-order valence-corrected chi connectivity index (χ4v) is 7.50. The minimum Gasteiger partial charge on any atom is -0.748 e. The molecule has 3 aromatic carbocycles. The minimum atomic E-state index is -4.30. The highest BCUT2D eigenvalue weighted by molar-refractivity contribution is 7.86. The van der Waals surface area contributed by atoms with E-state index >= 15 is 0 Å². The van der Waals surface area contributed by atoms with E-state index in [0.717, 1.165) is 37.5 Å². The molecule has 0 saturated heterocycles. The lowest BCUT2D eigenvalue weighted by Gasteiger charge is -2.18. The maximum Gasteiger partial charge on any atom is 0.266 e. The molecule has 1 N–H and O–H groups in total. The second-order valence-electron chi connectivity index (χ2n) is 10.8. The molecule has 0 bridgehead atoms. The van der Waals surface area contributed by atoms with Gasteiger partial charge in [0.25, 0.3) is 15.1 Å². The quantitative estimate of drug-likeness (QED) is 0.101. The predicted molar refractivity (Wildman–Crippen MR) is 178 cm³/mol. The Morgan fingerprint density at radius 3 is 2.49 bits per heavy atom. The van der Waals surface area contributed by atoms with Gasteiger partial charge in [0.2, 0.25) is 11.4 Å². The number of fused-ring (bicyclic) bond motifs is 2. The Bertz CT molecular complexity index is 2010. The standard InChI is InChI=1S/C32H33ClN2O7S3/c1-3-23(19-32-35(13-7-8-15-44(36,37)38)28-21-26(33)22(2)17-30(28)43-32)18-31-34(14-16-45(39,40)41)27-20-25(11-12-29(27)42-31)24-9-5-4-6-10-24/h4-6,9-12,17-21H,3,7-8,13-16H2,1-2H3,(H-,36,37,38,39,40,41). The molecule has 0 aliphatic carbocycles. The molecule has 4 aromatic rings. The Morgan fingerprint density at radius 1 is 1.04 bits per heavy atom. The van der Waals surface area contributed by atoms with Crippen molar-refractivity contribution in [2.24, 2.45) is 0 Å². The molecule has 0 radical (unpaired) electrons. The van der Waals surface area contributed by atoms with Crippen LogP contribution in [0.4, 0.5) is 5.69 Å². The molecule has 2 heterocycles.